The van der Waals surface area contributed by atoms with E-state index in [0.717, 1.165) is 20.8 Å². The average molecular weight is 451 g/mol. The molecule has 4 rings (SSSR count). The van der Waals surface area contributed by atoms with Crippen LogP contribution in [-0.4, -0.2) is 44.9 Å². The minimum absolute atomic E-state index is 0.0353. The maximum Gasteiger partial charge on any atom is 0.221 e. The van der Waals surface area contributed by atoms with Crippen LogP contribution in [0.25, 0.3) is 23.1 Å². The summed E-state index contributed by atoms with van der Waals surface area (Å²) < 4.78 is 1.67. The van der Waals surface area contributed by atoms with E-state index < -0.39 is 0 Å². The number of carbonyl (C=O) groups is 1. The molecule has 1 amide bonds. The van der Waals surface area contributed by atoms with Crippen LogP contribution in [0.5, 0.6) is 5.75 Å². The Labute approximate surface area is 190 Å². The summed E-state index contributed by atoms with van der Waals surface area (Å²) in [6.07, 6.45) is 2.09. The molecule has 0 radical (unpaired) electrons. The van der Waals surface area contributed by atoms with Crippen molar-refractivity contribution in [2.45, 2.75) is 33.1 Å². The second-order valence-electron chi connectivity index (χ2n) is 8.90. The number of anilines is 2. The normalized spacial score (nSPS) is 12.5. The number of rotatable bonds is 4. The third-order valence-electron chi connectivity index (χ3n) is 4.94. The molecule has 32 heavy (non-hydrogen) atoms. The fraction of sp³-hybridized carbons (Fsp3) is 0.304. The number of amides is 1. The number of aromatic nitrogens is 4. The predicted molar refractivity (Wildman–Crippen MR) is 128 cm³/mol. The maximum absolute atomic E-state index is 11.5. The summed E-state index contributed by atoms with van der Waals surface area (Å²) in [6.45, 7) is 7.75. The van der Waals surface area contributed by atoms with E-state index in [1.54, 1.807) is 28.0 Å². The van der Waals surface area contributed by atoms with Crippen molar-refractivity contribution in [1.29, 1.82) is 0 Å². The molecule has 0 atom stereocenters. The fourth-order valence-corrected chi connectivity index (χ4v) is 4.33. The molecule has 0 aliphatic carbocycles. The van der Waals surface area contributed by atoms with Crippen LogP contribution in [0.3, 0.4) is 0 Å². The van der Waals surface area contributed by atoms with Crippen molar-refractivity contribution in [2.24, 2.45) is 0 Å². The molecule has 8 nitrogen and oxygen atoms in total. The highest BCUT2D eigenvalue weighted by atomic mass is 32.1. The minimum Gasteiger partial charge on any atom is -0.507 e. The molecule has 3 aromatic heterocycles. The van der Waals surface area contributed by atoms with E-state index in [9.17, 15) is 9.90 Å². The smallest absolute Gasteiger partial charge is 0.221 e. The molecule has 2 N–H and O–H groups in total. The Balaban J connectivity index is 1.93. The first-order chi connectivity index (χ1) is 15.0. The molecule has 3 heterocycles. The Morgan fingerprint density at radius 1 is 1.19 bits per heavy atom. The average Bonchev–Trinajstić information content (AvgIpc) is 3.39. The van der Waals surface area contributed by atoms with Gasteiger partial charge in [0.05, 0.1) is 16.3 Å². The Morgan fingerprint density at radius 3 is 2.56 bits per heavy atom. The van der Waals surface area contributed by atoms with E-state index in [1.807, 2.05) is 14.1 Å². The zero-order valence-electron chi connectivity index (χ0n) is 19.0. The van der Waals surface area contributed by atoms with E-state index >= 15 is 0 Å². The SMILES string of the molecule is CC(=O)Nc1ccc(O)c(-c2nnc3/c(=C\c4ccc(N(C)C)s4)c(C(C)(C)C)nn23)c1. The van der Waals surface area contributed by atoms with E-state index in [0.29, 0.717) is 22.7 Å². The summed E-state index contributed by atoms with van der Waals surface area (Å²) in [6, 6.07) is 8.99. The van der Waals surface area contributed by atoms with Gasteiger partial charge in [-0.2, -0.15) is 9.61 Å². The monoisotopic (exact) mass is 450 g/mol. The van der Waals surface area contributed by atoms with Gasteiger partial charge in [-0.15, -0.1) is 21.5 Å². The lowest BCUT2D eigenvalue weighted by Gasteiger charge is -2.14. The lowest BCUT2D eigenvalue weighted by molar-refractivity contribution is -0.114. The molecule has 0 aliphatic heterocycles. The molecule has 0 spiro atoms. The topological polar surface area (TPSA) is 95.6 Å². The molecular formula is C23H26N6O2S. The number of phenolic OH excluding ortho intramolecular Hbond substituents is 1. The molecule has 0 saturated carbocycles. The van der Waals surface area contributed by atoms with E-state index in [2.05, 4.69) is 59.4 Å². The van der Waals surface area contributed by atoms with Crippen molar-refractivity contribution in [1.82, 2.24) is 19.8 Å². The van der Waals surface area contributed by atoms with Gasteiger partial charge >= 0.3 is 0 Å². The Morgan fingerprint density at radius 2 is 1.94 bits per heavy atom. The first-order valence-electron chi connectivity index (χ1n) is 10.2. The van der Waals surface area contributed by atoms with Gasteiger partial charge in [0.1, 0.15) is 5.75 Å². The minimum atomic E-state index is -0.231. The van der Waals surface area contributed by atoms with E-state index in [1.165, 1.54) is 13.0 Å². The highest BCUT2D eigenvalue weighted by molar-refractivity contribution is 7.16. The number of phenols is 1. The summed E-state index contributed by atoms with van der Waals surface area (Å²) in [5, 5.41) is 28.9. The van der Waals surface area contributed by atoms with Crippen LogP contribution in [0.2, 0.25) is 0 Å². The maximum atomic E-state index is 11.5. The van der Waals surface area contributed by atoms with Crippen molar-refractivity contribution in [2.75, 3.05) is 24.3 Å². The number of hydrogen-bond donors (Lipinski definition) is 2. The number of fused-ring (bicyclic) bond motifs is 1. The number of hydrogen-bond acceptors (Lipinski definition) is 7. The number of nitrogens with one attached hydrogen (secondary N) is 1. The number of aromatic hydroxyl groups is 1. The van der Waals surface area contributed by atoms with Gasteiger partial charge in [-0.1, -0.05) is 20.8 Å². The van der Waals surface area contributed by atoms with Gasteiger partial charge in [0, 0.05) is 42.2 Å². The fourth-order valence-electron chi connectivity index (χ4n) is 3.46. The van der Waals surface area contributed by atoms with Crippen LogP contribution in [0.4, 0.5) is 10.7 Å². The zero-order chi connectivity index (χ0) is 23.2. The highest BCUT2D eigenvalue weighted by Gasteiger charge is 2.25. The number of nitrogens with zero attached hydrogens (tertiary/aromatic N) is 5. The molecular weight excluding hydrogens is 424 g/mol. The van der Waals surface area contributed by atoms with Crippen LogP contribution >= 0.6 is 11.3 Å². The summed E-state index contributed by atoms with van der Waals surface area (Å²) >= 11 is 1.69. The molecule has 0 fully saturated rings. The van der Waals surface area contributed by atoms with Gasteiger partial charge in [0.25, 0.3) is 0 Å². The molecule has 0 aliphatic rings. The standard InChI is InChI=1S/C23H26N6O2S/c1-13(30)24-14-7-9-18(31)16(11-14)21-25-26-22-17(20(23(2,3)4)27-29(21)22)12-15-8-10-19(32-15)28(5)6/h7-12,31H,1-6H3,(H,24,30)/b17-12-. The molecule has 0 saturated heterocycles. The molecule has 9 heteroatoms. The Bertz CT molecular complexity index is 1360. The number of thiophene rings is 1. The van der Waals surface area contributed by atoms with Crippen molar-refractivity contribution in [3.8, 4) is 17.1 Å². The second kappa shape index (κ2) is 7.90. The Hall–Kier alpha value is -3.46. The van der Waals surface area contributed by atoms with Crippen molar-refractivity contribution in [3.63, 3.8) is 0 Å². The quantitative estimate of drug-likeness (QED) is 0.463. The van der Waals surface area contributed by atoms with Crippen LogP contribution < -0.4 is 15.4 Å². The van der Waals surface area contributed by atoms with Crippen molar-refractivity contribution in [3.05, 3.63) is 46.1 Å². The lowest BCUT2D eigenvalue weighted by Crippen LogP contribution is -2.22. The Kier molecular flexibility index (Phi) is 5.37. The largest absolute Gasteiger partial charge is 0.507 e. The van der Waals surface area contributed by atoms with Crippen molar-refractivity contribution >= 4 is 39.7 Å². The number of carbonyl (C=O) groups excluding carboxylic acids is 1. The first kappa shape index (κ1) is 21.8. The zero-order valence-corrected chi connectivity index (χ0v) is 19.8. The molecule has 4 aromatic rings. The third kappa shape index (κ3) is 4.03. The molecule has 1 aromatic carbocycles. The van der Waals surface area contributed by atoms with Gasteiger partial charge in [-0.25, -0.2) is 0 Å². The first-order valence-corrected chi connectivity index (χ1v) is 11.0. The molecule has 166 valence electrons. The van der Waals surface area contributed by atoms with Gasteiger partial charge < -0.3 is 15.3 Å². The highest BCUT2D eigenvalue weighted by Crippen LogP contribution is 2.31. The van der Waals surface area contributed by atoms with Gasteiger partial charge in [0.2, 0.25) is 5.91 Å². The van der Waals surface area contributed by atoms with Crippen LogP contribution in [0, 0.1) is 0 Å². The predicted octanol–water partition coefficient (Wildman–Crippen LogP) is 3.43. The lowest BCUT2D eigenvalue weighted by atomic mass is 9.91. The van der Waals surface area contributed by atoms with Gasteiger partial charge in [0.15, 0.2) is 11.5 Å². The van der Waals surface area contributed by atoms with Crippen LogP contribution in [0.1, 0.15) is 38.3 Å². The summed E-state index contributed by atoms with van der Waals surface area (Å²) in [4.78, 5) is 14.6. The van der Waals surface area contributed by atoms with Crippen LogP contribution in [-0.2, 0) is 10.2 Å². The number of benzene rings is 1. The van der Waals surface area contributed by atoms with Crippen LogP contribution in [0.15, 0.2) is 30.3 Å². The summed E-state index contributed by atoms with van der Waals surface area (Å²) in [5.74, 6) is 0.252. The molecule has 0 unspecified atom stereocenters. The summed E-state index contributed by atoms with van der Waals surface area (Å²) in [7, 11) is 4.04. The van der Waals surface area contributed by atoms with Gasteiger partial charge in [-0.05, 0) is 36.4 Å². The van der Waals surface area contributed by atoms with E-state index in [4.69, 9.17) is 5.10 Å². The molecule has 0 bridgehead atoms. The van der Waals surface area contributed by atoms with Crippen molar-refractivity contribution < 1.29 is 9.90 Å². The second-order valence-corrected chi connectivity index (χ2v) is 9.99. The third-order valence-corrected chi connectivity index (χ3v) is 6.14. The van der Waals surface area contributed by atoms with Gasteiger partial charge in [-0.3, -0.25) is 4.79 Å². The summed E-state index contributed by atoms with van der Waals surface area (Å²) in [5.41, 5.74) is 2.28. The van der Waals surface area contributed by atoms with E-state index in [-0.39, 0.29) is 17.1 Å².